The predicted molar refractivity (Wildman–Crippen MR) is 93.0 cm³/mol. The van der Waals surface area contributed by atoms with Crippen molar-refractivity contribution in [2.45, 2.75) is 13.3 Å². The Labute approximate surface area is 136 Å². The topological polar surface area (TPSA) is 36.9 Å². The van der Waals surface area contributed by atoms with E-state index in [-0.39, 0.29) is 0 Å². The van der Waals surface area contributed by atoms with Crippen LogP contribution in [0, 0.1) is 6.92 Å². The van der Waals surface area contributed by atoms with Gasteiger partial charge in [0.15, 0.2) is 5.75 Å². The summed E-state index contributed by atoms with van der Waals surface area (Å²) < 4.78 is 6.18. The molecule has 0 atom stereocenters. The second-order valence-electron chi connectivity index (χ2n) is 6.10. The van der Waals surface area contributed by atoms with Gasteiger partial charge in [-0.1, -0.05) is 18.2 Å². The summed E-state index contributed by atoms with van der Waals surface area (Å²) in [6, 6.07) is 14.4. The molecule has 23 heavy (non-hydrogen) atoms. The molecule has 0 aromatic heterocycles. The van der Waals surface area contributed by atoms with Crippen molar-refractivity contribution in [3.63, 3.8) is 0 Å². The molecule has 0 bridgehead atoms. The summed E-state index contributed by atoms with van der Waals surface area (Å²) in [5.41, 5.74) is 3.15. The van der Waals surface area contributed by atoms with Crippen molar-refractivity contribution in [3.05, 3.63) is 53.6 Å². The van der Waals surface area contributed by atoms with Crippen LogP contribution in [0.3, 0.4) is 0 Å². The standard InChI is InChI=1S/C19H21N3O/c1-14-7-8-16-18(13-14)23-17-6-3-2-5-15(17)19(21-16)22-11-4-9-20-10-12-22/h2-3,5-8,13,20H,4,9-12H2,1H3. The monoisotopic (exact) mass is 307 g/mol. The fourth-order valence-electron chi connectivity index (χ4n) is 3.13. The summed E-state index contributed by atoms with van der Waals surface area (Å²) in [6.45, 7) is 6.11. The molecule has 0 unspecified atom stereocenters. The van der Waals surface area contributed by atoms with Crippen LogP contribution in [-0.4, -0.2) is 36.9 Å². The molecular formula is C19H21N3O. The molecule has 2 heterocycles. The smallest absolute Gasteiger partial charge is 0.153 e. The van der Waals surface area contributed by atoms with E-state index < -0.39 is 0 Å². The molecule has 0 spiro atoms. The Morgan fingerprint density at radius 3 is 2.91 bits per heavy atom. The zero-order valence-corrected chi connectivity index (χ0v) is 13.4. The zero-order valence-electron chi connectivity index (χ0n) is 13.4. The molecule has 0 amide bonds. The summed E-state index contributed by atoms with van der Waals surface area (Å²) in [4.78, 5) is 7.35. The largest absolute Gasteiger partial charge is 0.454 e. The van der Waals surface area contributed by atoms with Gasteiger partial charge in [-0.25, -0.2) is 4.99 Å². The van der Waals surface area contributed by atoms with Gasteiger partial charge < -0.3 is 15.0 Å². The molecule has 2 aromatic rings. The van der Waals surface area contributed by atoms with Crippen molar-refractivity contribution in [3.8, 4) is 11.5 Å². The zero-order chi connectivity index (χ0) is 15.6. The lowest BCUT2D eigenvalue weighted by atomic mass is 10.1. The van der Waals surface area contributed by atoms with Crippen LogP contribution in [0.4, 0.5) is 5.69 Å². The fourth-order valence-corrected chi connectivity index (χ4v) is 3.13. The van der Waals surface area contributed by atoms with E-state index in [2.05, 4.69) is 41.4 Å². The lowest BCUT2D eigenvalue weighted by Crippen LogP contribution is -2.34. The summed E-state index contributed by atoms with van der Waals surface area (Å²) >= 11 is 0. The van der Waals surface area contributed by atoms with E-state index >= 15 is 0 Å². The minimum absolute atomic E-state index is 0.834. The number of nitrogens with one attached hydrogen (secondary N) is 1. The van der Waals surface area contributed by atoms with Gasteiger partial charge in [0.1, 0.15) is 17.3 Å². The molecule has 4 nitrogen and oxygen atoms in total. The molecule has 2 aromatic carbocycles. The first kappa shape index (κ1) is 14.3. The van der Waals surface area contributed by atoms with E-state index in [1.165, 1.54) is 5.56 Å². The molecule has 4 heteroatoms. The van der Waals surface area contributed by atoms with Crippen molar-refractivity contribution < 1.29 is 4.74 Å². The average Bonchev–Trinajstić information content (AvgIpc) is 2.91. The molecule has 2 aliphatic rings. The van der Waals surface area contributed by atoms with E-state index in [4.69, 9.17) is 9.73 Å². The van der Waals surface area contributed by atoms with Crippen LogP contribution in [0.25, 0.3) is 0 Å². The maximum atomic E-state index is 6.18. The Hall–Kier alpha value is -2.33. The van der Waals surface area contributed by atoms with Gasteiger partial charge in [0.25, 0.3) is 0 Å². The Kier molecular flexibility index (Phi) is 3.75. The first-order chi connectivity index (χ1) is 11.3. The van der Waals surface area contributed by atoms with Crippen molar-refractivity contribution in [2.24, 2.45) is 4.99 Å². The minimum Gasteiger partial charge on any atom is -0.454 e. The number of fused-ring (bicyclic) bond motifs is 2. The maximum absolute atomic E-state index is 6.18. The van der Waals surface area contributed by atoms with E-state index in [1.54, 1.807) is 0 Å². The number of ether oxygens (including phenoxy) is 1. The van der Waals surface area contributed by atoms with Crippen LogP contribution in [0.2, 0.25) is 0 Å². The molecule has 1 N–H and O–H groups in total. The average molecular weight is 307 g/mol. The van der Waals surface area contributed by atoms with E-state index in [0.29, 0.717) is 0 Å². The molecule has 0 aliphatic carbocycles. The number of nitrogens with zero attached hydrogens (tertiary/aromatic N) is 2. The number of hydrogen-bond acceptors (Lipinski definition) is 4. The molecule has 118 valence electrons. The molecule has 4 rings (SSSR count). The van der Waals surface area contributed by atoms with Gasteiger partial charge in [-0.15, -0.1) is 0 Å². The molecular weight excluding hydrogens is 286 g/mol. The van der Waals surface area contributed by atoms with E-state index in [1.807, 2.05) is 18.2 Å². The van der Waals surface area contributed by atoms with Gasteiger partial charge in [0, 0.05) is 19.6 Å². The SMILES string of the molecule is Cc1ccc2c(c1)Oc1ccccc1C(N1CCCNCC1)=N2. The molecule has 0 radical (unpaired) electrons. The van der Waals surface area contributed by atoms with Gasteiger partial charge in [-0.3, -0.25) is 0 Å². The Bertz CT molecular complexity index is 746. The predicted octanol–water partition coefficient (Wildman–Crippen LogP) is 3.47. The quantitative estimate of drug-likeness (QED) is 0.809. The summed E-state index contributed by atoms with van der Waals surface area (Å²) in [5.74, 6) is 2.74. The first-order valence-electron chi connectivity index (χ1n) is 8.23. The number of aryl methyl sites for hydroxylation is 1. The number of amidine groups is 1. The number of benzene rings is 2. The highest BCUT2D eigenvalue weighted by Crippen LogP contribution is 2.38. The fraction of sp³-hybridized carbons (Fsp3) is 0.316. The lowest BCUT2D eigenvalue weighted by molar-refractivity contribution is 0.445. The van der Waals surface area contributed by atoms with Gasteiger partial charge >= 0.3 is 0 Å². The van der Waals surface area contributed by atoms with Crippen molar-refractivity contribution in [2.75, 3.05) is 26.2 Å². The number of rotatable bonds is 0. The van der Waals surface area contributed by atoms with E-state index in [0.717, 1.165) is 61.2 Å². The van der Waals surface area contributed by atoms with Crippen molar-refractivity contribution in [1.29, 1.82) is 0 Å². The summed E-state index contributed by atoms with van der Waals surface area (Å²) in [6.07, 6.45) is 1.13. The van der Waals surface area contributed by atoms with E-state index in [9.17, 15) is 0 Å². The van der Waals surface area contributed by atoms with Gasteiger partial charge in [-0.05, 0) is 49.7 Å². The molecule has 1 fully saturated rings. The van der Waals surface area contributed by atoms with Gasteiger partial charge in [-0.2, -0.15) is 0 Å². The van der Waals surface area contributed by atoms with Crippen LogP contribution in [0.5, 0.6) is 11.5 Å². The number of hydrogen-bond donors (Lipinski definition) is 1. The van der Waals surface area contributed by atoms with Crippen molar-refractivity contribution in [1.82, 2.24) is 10.2 Å². The number of aliphatic imine (C=N–C) groups is 1. The van der Waals surface area contributed by atoms with Gasteiger partial charge in [0.2, 0.25) is 0 Å². The van der Waals surface area contributed by atoms with Crippen LogP contribution in [0.15, 0.2) is 47.5 Å². The van der Waals surface area contributed by atoms with Crippen molar-refractivity contribution >= 4 is 11.5 Å². The highest BCUT2D eigenvalue weighted by molar-refractivity contribution is 6.03. The third-order valence-electron chi connectivity index (χ3n) is 4.33. The highest BCUT2D eigenvalue weighted by Gasteiger charge is 2.23. The Balaban J connectivity index is 1.85. The second-order valence-corrected chi connectivity index (χ2v) is 6.10. The summed E-state index contributed by atoms with van der Waals surface area (Å²) in [7, 11) is 0. The Morgan fingerprint density at radius 2 is 1.96 bits per heavy atom. The highest BCUT2D eigenvalue weighted by atomic mass is 16.5. The Morgan fingerprint density at radius 1 is 1.04 bits per heavy atom. The molecule has 0 saturated carbocycles. The molecule has 1 saturated heterocycles. The minimum atomic E-state index is 0.834. The first-order valence-corrected chi connectivity index (χ1v) is 8.23. The normalized spacial score (nSPS) is 17.3. The van der Waals surface area contributed by atoms with Gasteiger partial charge in [0.05, 0.1) is 5.56 Å². The summed E-state index contributed by atoms with van der Waals surface area (Å²) in [5, 5.41) is 3.45. The third-order valence-corrected chi connectivity index (χ3v) is 4.33. The number of para-hydroxylation sites is 1. The van der Waals surface area contributed by atoms with Crippen LogP contribution in [-0.2, 0) is 0 Å². The molecule has 2 aliphatic heterocycles. The second kappa shape index (κ2) is 6.05. The third kappa shape index (κ3) is 2.82. The van der Waals surface area contributed by atoms with Crippen LogP contribution < -0.4 is 10.1 Å². The lowest BCUT2D eigenvalue weighted by Gasteiger charge is -2.24. The van der Waals surface area contributed by atoms with Crippen LogP contribution in [0.1, 0.15) is 17.5 Å². The maximum Gasteiger partial charge on any atom is 0.153 e. The van der Waals surface area contributed by atoms with Crippen LogP contribution >= 0.6 is 0 Å².